The first kappa shape index (κ1) is 23.9. The third-order valence-electron chi connectivity index (χ3n) is 6.25. The average Bonchev–Trinajstić information content (AvgIpc) is 3.36. The van der Waals surface area contributed by atoms with E-state index in [1.54, 1.807) is 6.92 Å². The molecule has 0 bridgehead atoms. The number of nitrogen functional groups attached to an aromatic ring is 1. The smallest absolute Gasteiger partial charge is 0.306 e. The molecule has 0 radical (unpaired) electrons. The van der Waals surface area contributed by atoms with Gasteiger partial charge in [-0.25, -0.2) is 15.0 Å². The molecule has 1 aliphatic carbocycles. The molecule has 2 aromatic heterocycles. The van der Waals surface area contributed by atoms with Gasteiger partial charge in [0.1, 0.15) is 23.5 Å². The predicted octanol–water partition coefficient (Wildman–Crippen LogP) is -0.399. The van der Waals surface area contributed by atoms with Gasteiger partial charge in [0.15, 0.2) is 23.8 Å². The van der Waals surface area contributed by atoms with E-state index in [9.17, 15) is 19.8 Å². The summed E-state index contributed by atoms with van der Waals surface area (Å²) >= 11 is 0. The van der Waals surface area contributed by atoms with Crippen molar-refractivity contribution in [3.8, 4) is 11.8 Å². The quantitative estimate of drug-likeness (QED) is 0.359. The molecule has 0 spiro atoms. The maximum absolute atomic E-state index is 12.2. The summed E-state index contributed by atoms with van der Waals surface area (Å²) in [5, 5.41) is 32.5. The van der Waals surface area contributed by atoms with Crippen molar-refractivity contribution < 1.29 is 29.6 Å². The summed E-state index contributed by atoms with van der Waals surface area (Å²) in [7, 11) is 0. The van der Waals surface area contributed by atoms with Crippen molar-refractivity contribution in [1.29, 1.82) is 0 Å². The number of carbonyl (C=O) groups is 2. The third kappa shape index (κ3) is 4.68. The number of aromatic nitrogens is 4. The molecule has 34 heavy (non-hydrogen) atoms. The normalized spacial score (nSPS) is 28.9. The number of ether oxygens (including phenoxy) is 1. The molecule has 1 saturated heterocycles. The average molecular weight is 473 g/mol. The number of imidazole rings is 1. The van der Waals surface area contributed by atoms with Crippen molar-refractivity contribution in [2.24, 2.45) is 11.8 Å². The fourth-order valence-corrected chi connectivity index (χ4v) is 4.39. The minimum atomic E-state index is -1.42. The molecular weight excluding hydrogens is 444 g/mol. The Morgan fingerprint density at radius 1 is 1.24 bits per heavy atom. The van der Waals surface area contributed by atoms with E-state index in [-0.39, 0.29) is 24.1 Å². The summed E-state index contributed by atoms with van der Waals surface area (Å²) < 4.78 is 7.08. The van der Waals surface area contributed by atoms with Crippen molar-refractivity contribution in [3.05, 3.63) is 12.2 Å². The Bertz CT molecular complexity index is 1130. The standard InChI is InChI=1S/C22H28N6O6/c1-2-24-20(31)17-15(29)16(30)21(34-17)28-10-25-14-18(23)26-13(27-19(14)28)5-3-4-11-6-8-12(9-7-11)22(32)33/h10-12,15-17,21,29-30H,2,5-9H2,1H3,(H,24,31)(H,32,33)(H2,23,26,27)/t11?,12?,15-,16+,17-,21+/m0/s1. The van der Waals surface area contributed by atoms with E-state index in [1.807, 2.05) is 0 Å². The molecule has 12 heteroatoms. The van der Waals surface area contributed by atoms with Crippen LogP contribution < -0.4 is 11.1 Å². The molecule has 4 atom stereocenters. The van der Waals surface area contributed by atoms with Crippen LogP contribution in [0, 0.1) is 23.7 Å². The Kier molecular flexibility index (Phi) is 6.97. The van der Waals surface area contributed by atoms with Gasteiger partial charge in [-0.1, -0.05) is 11.8 Å². The number of carboxylic acids is 1. The molecule has 2 aromatic rings. The van der Waals surface area contributed by atoms with Gasteiger partial charge in [0.2, 0.25) is 0 Å². The lowest BCUT2D eigenvalue weighted by molar-refractivity contribution is -0.143. The minimum absolute atomic E-state index is 0.135. The molecule has 4 rings (SSSR count). The number of hydrogen-bond donors (Lipinski definition) is 5. The van der Waals surface area contributed by atoms with E-state index in [0.29, 0.717) is 36.4 Å². The monoisotopic (exact) mass is 472 g/mol. The highest BCUT2D eigenvalue weighted by atomic mass is 16.6. The molecule has 182 valence electrons. The van der Waals surface area contributed by atoms with Crippen LogP contribution in [-0.2, 0) is 20.7 Å². The van der Waals surface area contributed by atoms with Gasteiger partial charge in [0, 0.05) is 12.5 Å². The molecule has 12 nitrogen and oxygen atoms in total. The Balaban J connectivity index is 1.51. The van der Waals surface area contributed by atoms with Gasteiger partial charge in [-0.2, -0.15) is 0 Å². The van der Waals surface area contributed by atoms with Gasteiger partial charge in [0.05, 0.1) is 18.7 Å². The zero-order valence-electron chi connectivity index (χ0n) is 18.7. The molecule has 1 saturated carbocycles. The Labute approximate surface area is 195 Å². The largest absolute Gasteiger partial charge is 0.481 e. The third-order valence-corrected chi connectivity index (χ3v) is 6.25. The number of aliphatic hydroxyl groups excluding tert-OH is 2. The minimum Gasteiger partial charge on any atom is -0.481 e. The lowest BCUT2D eigenvalue weighted by Crippen LogP contribution is -2.42. The second-order valence-corrected chi connectivity index (χ2v) is 8.56. The zero-order valence-corrected chi connectivity index (χ0v) is 18.7. The first-order chi connectivity index (χ1) is 16.3. The summed E-state index contributed by atoms with van der Waals surface area (Å²) in [5.41, 5.74) is 6.65. The number of fused-ring (bicyclic) bond motifs is 1. The number of aliphatic carboxylic acids is 1. The SMILES string of the molecule is CCNC(=O)[C@H]1O[C@@H](n2cnc3c(N)nc(CC#CC4CCC(C(=O)O)CC4)nc32)[C@H](O)[C@@H]1O. The fraction of sp³-hybridized carbons (Fsp3) is 0.591. The van der Waals surface area contributed by atoms with Crippen LogP contribution >= 0.6 is 0 Å². The van der Waals surface area contributed by atoms with Crippen LogP contribution in [-0.4, -0.2) is 71.6 Å². The summed E-state index contributed by atoms with van der Waals surface area (Å²) in [4.78, 5) is 36.2. The second kappa shape index (κ2) is 9.92. The topological polar surface area (TPSA) is 186 Å². The number of nitrogens with one attached hydrogen (secondary N) is 1. The lowest BCUT2D eigenvalue weighted by Gasteiger charge is -2.22. The summed E-state index contributed by atoms with van der Waals surface area (Å²) in [6, 6.07) is 0. The maximum atomic E-state index is 12.2. The van der Waals surface area contributed by atoms with Crippen LogP contribution in [0.1, 0.15) is 44.7 Å². The van der Waals surface area contributed by atoms with Crippen LogP contribution in [0.3, 0.4) is 0 Å². The highest BCUT2D eigenvalue weighted by Crippen LogP contribution is 2.32. The number of carbonyl (C=O) groups excluding carboxylic acids is 1. The predicted molar refractivity (Wildman–Crippen MR) is 119 cm³/mol. The summed E-state index contributed by atoms with van der Waals surface area (Å²) in [6.45, 7) is 2.09. The molecule has 3 heterocycles. The Morgan fingerprint density at radius 3 is 2.65 bits per heavy atom. The van der Waals surface area contributed by atoms with Gasteiger partial charge >= 0.3 is 5.97 Å². The first-order valence-electron chi connectivity index (χ1n) is 11.3. The van der Waals surface area contributed by atoms with Gasteiger partial charge in [-0.3, -0.25) is 14.2 Å². The van der Waals surface area contributed by atoms with E-state index in [2.05, 4.69) is 32.1 Å². The number of hydrogen-bond acceptors (Lipinski definition) is 9. The van der Waals surface area contributed by atoms with Crippen LogP contribution in [0.2, 0.25) is 0 Å². The van der Waals surface area contributed by atoms with Crippen molar-refractivity contribution in [2.45, 2.75) is 63.6 Å². The maximum Gasteiger partial charge on any atom is 0.306 e. The highest BCUT2D eigenvalue weighted by molar-refractivity contribution is 5.83. The van der Waals surface area contributed by atoms with Crippen LogP contribution in [0.5, 0.6) is 0 Å². The number of likely N-dealkylation sites (N-methyl/N-ethyl adjacent to an activating group) is 1. The second-order valence-electron chi connectivity index (χ2n) is 8.56. The van der Waals surface area contributed by atoms with Gasteiger partial charge in [0.25, 0.3) is 5.91 Å². The molecule has 1 amide bonds. The van der Waals surface area contributed by atoms with Gasteiger partial charge in [-0.15, -0.1) is 0 Å². The van der Waals surface area contributed by atoms with Crippen molar-refractivity contribution in [2.75, 3.05) is 12.3 Å². The van der Waals surface area contributed by atoms with Crippen LogP contribution in [0.25, 0.3) is 11.2 Å². The molecule has 0 unspecified atom stereocenters. The molecular formula is C22H28N6O6. The molecule has 6 N–H and O–H groups in total. The number of anilines is 1. The molecule has 0 aromatic carbocycles. The van der Waals surface area contributed by atoms with E-state index in [0.717, 1.165) is 12.8 Å². The number of aliphatic hydroxyl groups is 2. The molecule has 1 aliphatic heterocycles. The van der Waals surface area contributed by atoms with Crippen molar-refractivity contribution >= 4 is 28.9 Å². The molecule has 2 fully saturated rings. The summed E-state index contributed by atoms with van der Waals surface area (Å²) in [5.74, 6) is 5.30. The highest BCUT2D eigenvalue weighted by Gasteiger charge is 2.47. The lowest BCUT2D eigenvalue weighted by atomic mass is 9.82. The zero-order chi connectivity index (χ0) is 24.4. The fourth-order valence-electron chi connectivity index (χ4n) is 4.39. The number of rotatable bonds is 5. The van der Waals surface area contributed by atoms with E-state index < -0.39 is 36.4 Å². The molecule has 2 aliphatic rings. The van der Waals surface area contributed by atoms with Crippen LogP contribution in [0.15, 0.2) is 6.33 Å². The van der Waals surface area contributed by atoms with Gasteiger partial charge < -0.3 is 31.1 Å². The van der Waals surface area contributed by atoms with Crippen molar-refractivity contribution in [1.82, 2.24) is 24.8 Å². The summed E-state index contributed by atoms with van der Waals surface area (Å²) in [6.07, 6.45) is -0.819. The number of nitrogens with two attached hydrogens (primary N) is 1. The Morgan fingerprint density at radius 2 is 1.97 bits per heavy atom. The first-order valence-corrected chi connectivity index (χ1v) is 11.3. The number of nitrogens with zero attached hydrogens (tertiary/aromatic N) is 4. The number of amides is 1. The van der Waals surface area contributed by atoms with Crippen molar-refractivity contribution in [3.63, 3.8) is 0 Å². The van der Waals surface area contributed by atoms with E-state index >= 15 is 0 Å². The van der Waals surface area contributed by atoms with E-state index in [4.69, 9.17) is 15.6 Å². The van der Waals surface area contributed by atoms with Crippen LogP contribution in [0.4, 0.5) is 5.82 Å². The Hall–Kier alpha value is -3.27. The van der Waals surface area contributed by atoms with Gasteiger partial charge in [-0.05, 0) is 32.6 Å². The van der Waals surface area contributed by atoms with E-state index in [1.165, 1.54) is 10.9 Å². The number of carboxylic acid groups (broad SMARTS) is 1.